The maximum Gasteiger partial charge on any atom is 0.311 e. The Morgan fingerprint density at radius 2 is 2.11 bits per heavy atom. The van der Waals surface area contributed by atoms with Gasteiger partial charge in [-0.15, -0.1) is 0 Å². The number of aromatic nitrogens is 1. The Hall–Kier alpha value is -1.78. The number of benzene rings is 1. The predicted molar refractivity (Wildman–Crippen MR) is 79.0 cm³/mol. The smallest absolute Gasteiger partial charge is 0.311 e. The summed E-state index contributed by atoms with van der Waals surface area (Å²) in [6.45, 7) is 4.17. The van der Waals surface area contributed by atoms with Gasteiger partial charge in [-0.1, -0.05) is 32.0 Å². The molecule has 0 radical (unpaired) electrons. The molecule has 0 aliphatic rings. The summed E-state index contributed by atoms with van der Waals surface area (Å²) >= 11 is 0. The molecule has 1 heterocycles. The number of fused-ring (bicyclic) bond motifs is 1. The Bertz CT molecular complexity index is 563. The second kappa shape index (κ2) is 7.61. The van der Waals surface area contributed by atoms with Gasteiger partial charge in [-0.3, -0.25) is 10.1 Å². The molecule has 7 heteroatoms. The second-order valence-electron chi connectivity index (χ2n) is 3.28. The Morgan fingerprint density at radius 1 is 1.42 bits per heavy atom. The van der Waals surface area contributed by atoms with Gasteiger partial charge in [0.25, 0.3) is 0 Å². The van der Waals surface area contributed by atoms with Crippen molar-refractivity contribution in [1.82, 2.24) is 4.98 Å². The van der Waals surface area contributed by atoms with E-state index in [1.165, 1.54) is 6.20 Å². The Kier molecular flexibility index (Phi) is 6.12. The van der Waals surface area contributed by atoms with Gasteiger partial charge in [-0.2, -0.15) is 0 Å². The molecular weight excluding hydrogens is 265 g/mol. The lowest BCUT2D eigenvalue weighted by Crippen LogP contribution is -2.05. The highest BCUT2D eigenvalue weighted by molar-refractivity contribution is 7.09. The van der Waals surface area contributed by atoms with Crippen LogP contribution in [0.1, 0.15) is 13.8 Å². The molecule has 2 aromatic rings. The van der Waals surface area contributed by atoms with E-state index in [9.17, 15) is 10.1 Å². The summed E-state index contributed by atoms with van der Waals surface area (Å²) in [5, 5.41) is 14.5. The van der Waals surface area contributed by atoms with Gasteiger partial charge in [-0.05, 0) is 6.07 Å². The first-order valence-corrected chi connectivity index (χ1v) is 6.29. The van der Waals surface area contributed by atoms with E-state index in [4.69, 9.17) is 4.52 Å². The Labute approximate surface area is 113 Å². The highest BCUT2D eigenvalue weighted by atomic mass is 31.0. The van der Waals surface area contributed by atoms with Crippen LogP contribution in [0.3, 0.4) is 0 Å². The lowest BCUT2D eigenvalue weighted by atomic mass is 10.1. The molecule has 0 saturated heterocycles. The summed E-state index contributed by atoms with van der Waals surface area (Å²) in [5.74, 6) is 0. The summed E-state index contributed by atoms with van der Waals surface area (Å²) in [4.78, 5) is 14.5. The van der Waals surface area contributed by atoms with Crippen LogP contribution in [0.5, 0.6) is 0 Å². The van der Waals surface area contributed by atoms with Gasteiger partial charge in [0.1, 0.15) is 18.6 Å². The topological polar surface area (TPSA) is 77.3 Å². The maximum atomic E-state index is 10.9. The minimum Gasteiger partial charge on any atom is -0.356 e. The quantitative estimate of drug-likeness (QED) is 0.402. The van der Waals surface area contributed by atoms with Crippen LogP contribution in [0.4, 0.5) is 11.4 Å². The molecule has 2 rings (SSSR count). The zero-order valence-electron chi connectivity index (χ0n) is 10.8. The highest BCUT2D eigenvalue weighted by Crippen LogP contribution is 2.31. The molecule has 1 unspecified atom stereocenters. The molecule has 1 atom stereocenters. The average molecular weight is 281 g/mol. The third-order valence-electron chi connectivity index (χ3n) is 2.28. The van der Waals surface area contributed by atoms with Gasteiger partial charge < -0.3 is 9.84 Å². The predicted octanol–water partition coefficient (Wildman–Crippen LogP) is 3.35. The largest absolute Gasteiger partial charge is 0.356 e. The molecule has 0 fully saturated rings. The molecule has 0 aliphatic carbocycles. The number of pyridine rings is 1. The normalized spacial score (nSPS) is 9.63. The maximum absolute atomic E-state index is 10.9. The summed E-state index contributed by atoms with van der Waals surface area (Å²) in [5.41, 5.74) is 1.05. The minimum atomic E-state index is -0.468. The van der Waals surface area contributed by atoms with E-state index in [1.807, 2.05) is 19.9 Å². The third kappa shape index (κ3) is 3.59. The number of hydrogen-bond acceptors (Lipinski definition) is 5. The number of hydrogen-bond donors (Lipinski definition) is 1. The van der Waals surface area contributed by atoms with Crippen LogP contribution in [0.25, 0.3) is 10.9 Å². The van der Waals surface area contributed by atoms with Gasteiger partial charge in [-0.25, -0.2) is 4.98 Å². The molecule has 102 valence electrons. The summed E-state index contributed by atoms with van der Waals surface area (Å²) in [7, 11) is 2.08. The molecular formula is C12H16N3O3P. The monoisotopic (exact) mass is 281 g/mol. The molecule has 0 amide bonds. The first kappa shape index (κ1) is 15.3. The van der Waals surface area contributed by atoms with Crippen molar-refractivity contribution in [2.75, 3.05) is 12.0 Å². The average Bonchev–Trinajstić information content (AvgIpc) is 2.46. The van der Waals surface area contributed by atoms with Crippen LogP contribution in [-0.4, -0.2) is 16.6 Å². The lowest BCUT2D eigenvalue weighted by molar-refractivity contribution is -0.384. The number of rotatable bonds is 4. The van der Waals surface area contributed by atoms with Gasteiger partial charge in [0.2, 0.25) is 0 Å². The zero-order valence-corrected chi connectivity index (χ0v) is 11.9. The summed E-state index contributed by atoms with van der Waals surface area (Å²) in [6.07, 6.45) is 1.24. The van der Waals surface area contributed by atoms with Crippen LogP contribution < -0.4 is 5.32 Å². The van der Waals surface area contributed by atoms with Gasteiger partial charge >= 0.3 is 5.69 Å². The number of nitrogens with zero attached hydrogens (tertiary/aromatic N) is 2. The molecule has 1 aromatic carbocycles. The standard InChI is InChI=1S/C10H10N3O3P.C2H6/c14-13(15)9-5-11-8-4-2-1-3-7(8)10(9)12-6-16-17;1-2/h1-5H,6,17H2,(H,11,12);1-2H3. The van der Waals surface area contributed by atoms with Crippen molar-refractivity contribution >= 4 is 31.7 Å². The molecule has 0 aliphatic heterocycles. The third-order valence-corrected chi connectivity index (χ3v) is 2.45. The van der Waals surface area contributed by atoms with Gasteiger partial charge in [0.05, 0.1) is 10.4 Å². The lowest BCUT2D eigenvalue weighted by Gasteiger charge is -2.08. The van der Waals surface area contributed by atoms with Crippen molar-refractivity contribution in [1.29, 1.82) is 0 Å². The van der Waals surface area contributed by atoms with E-state index in [0.717, 1.165) is 0 Å². The number of nitro groups is 1. The number of anilines is 1. The van der Waals surface area contributed by atoms with Crippen molar-refractivity contribution in [2.24, 2.45) is 0 Å². The van der Waals surface area contributed by atoms with E-state index in [-0.39, 0.29) is 12.4 Å². The van der Waals surface area contributed by atoms with E-state index >= 15 is 0 Å². The molecule has 0 saturated carbocycles. The zero-order chi connectivity index (χ0) is 14.3. The van der Waals surface area contributed by atoms with E-state index in [1.54, 1.807) is 18.2 Å². The van der Waals surface area contributed by atoms with Crippen LogP contribution >= 0.6 is 9.47 Å². The fourth-order valence-electron chi connectivity index (χ4n) is 1.57. The highest BCUT2D eigenvalue weighted by Gasteiger charge is 2.17. The van der Waals surface area contributed by atoms with Crippen LogP contribution in [0.2, 0.25) is 0 Å². The summed E-state index contributed by atoms with van der Waals surface area (Å²) < 4.78 is 4.79. The second-order valence-corrected chi connectivity index (χ2v) is 3.61. The van der Waals surface area contributed by atoms with Crippen molar-refractivity contribution in [2.45, 2.75) is 13.8 Å². The van der Waals surface area contributed by atoms with Crippen molar-refractivity contribution in [3.63, 3.8) is 0 Å². The first-order valence-electron chi connectivity index (χ1n) is 5.81. The molecule has 1 aromatic heterocycles. The molecule has 1 N–H and O–H groups in total. The minimum absolute atomic E-state index is 0.0641. The van der Waals surface area contributed by atoms with Crippen LogP contribution in [-0.2, 0) is 4.52 Å². The first-order chi connectivity index (χ1) is 9.24. The Balaban J connectivity index is 0.000000861. The van der Waals surface area contributed by atoms with Gasteiger partial charge in [0, 0.05) is 14.9 Å². The molecule has 6 nitrogen and oxygen atoms in total. The summed E-state index contributed by atoms with van der Waals surface area (Å²) in [6, 6.07) is 7.21. The van der Waals surface area contributed by atoms with E-state index < -0.39 is 4.92 Å². The van der Waals surface area contributed by atoms with Crippen molar-refractivity contribution < 1.29 is 9.45 Å². The van der Waals surface area contributed by atoms with Crippen LogP contribution in [0.15, 0.2) is 30.5 Å². The number of para-hydroxylation sites is 1. The Morgan fingerprint density at radius 3 is 2.74 bits per heavy atom. The molecule has 0 spiro atoms. The van der Waals surface area contributed by atoms with E-state index in [2.05, 4.69) is 19.8 Å². The molecule has 0 bridgehead atoms. The fraction of sp³-hybridized carbons (Fsp3) is 0.250. The van der Waals surface area contributed by atoms with E-state index in [0.29, 0.717) is 16.6 Å². The van der Waals surface area contributed by atoms with Crippen molar-refractivity contribution in [3.05, 3.63) is 40.6 Å². The van der Waals surface area contributed by atoms with Gasteiger partial charge in [0.15, 0.2) is 0 Å². The molecule has 19 heavy (non-hydrogen) atoms. The fourth-order valence-corrected chi connectivity index (χ4v) is 1.65. The number of nitrogens with one attached hydrogen (secondary N) is 1. The SMILES string of the molecule is CC.O=[N+]([O-])c1cnc2ccccc2c1NCOP. The van der Waals surface area contributed by atoms with Crippen LogP contribution in [0, 0.1) is 10.1 Å². The van der Waals surface area contributed by atoms with Crippen molar-refractivity contribution in [3.8, 4) is 0 Å².